The second-order valence-electron chi connectivity index (χ2n) is 5.51. The van der Waals surface area contributed by atoms with Gasteiger partial charge >= 0.3 is 0 Å². The Balaban J connectivity index is 1.57. The standard InChI is InChI=1S/C15H26N4/c1-14(2)19-10-8-18(9-11-19)7-6-17-13-15-4-3-5-16-12-15/h3-5,12,14,17H,6-11,13H2,1-2H3. The van der Waals surface area contributed by atoms with E-state index < -0.39 is 0 Å². The molecule has 2 heterocycles. The second-order valence-corrected chi connectivity index (χ2v) is 5.51. The van der Waals surface area contributed by atoms with Gasteiger partial charge in [-0.3, -0.25) is 14.8 Å². The summed E-state index contributed by atoms with van der Waals surface area (Å²) in [5, 5.41) is 3.49. The SMILES string of the molecule is CC(C)N1CCN(CCNCc2cccnc2)CC1. The van der Waals surface area contributed by atoms with Crippen molar-refractivity contribution in [3.63, 3.8) is 0 Å². The minimum absolute atomic E-state index is 0.686. The largest absolute Gasteiger partial charge is 0.311 e. The van der Waals surface area contributed by atoms with Gasteiger partial charge in [-0.05, 0) is 25.5 Å². The molecule has 1 fully saturated rings. The van der Waals surface area contributed by atoms with Gasteiger partial charge in [-0.1, -0.05) is 6.07 Å². The van der Waals surface area contributed by atoms with E-state index in [9.17, 15) is 0 Å². The van der Waals surface area contributed by atoms with E-state index in [0.717, 1.165) is 19.6 Å². The van der Waals surface area contributed by atoms with Gasteiger partial charge in [0.2, 0.25) is 0 Å². The van der Waals surface area contributed by atoms with E-state index in [4.69, 9.17) is 0 Å². The molecule has 0 bridgehead atoms. The Labute approximate surface area is 116 Å². The van der Waals surface area contributed by atoms with Crippen LogP contribution < -0.4 is 5.32 Å². The molecule has 1 N–H and O–H groups in total. The van der Waals surface area contributed by atoms with Gasteiger partial charge in [-0.15, -0.1) is 0 Å². The molecule has 0 unspecified atom stereocenters. The van der Waals surface area contributed by atoms with E-state index in [1.165, 1.54) is 31.7 Å². The average Bonchev–Trinajstić information content (AvgIpc) is 2.45. The fourth-order valence-corrected chi connectivity index (χ4v) is 2.48. The predicted octanol–water partition coefficient (Wildman–Crippen LogP) is 1.20. The number of pyridine rings is 1. The highest BCUT2D eigenvalue weighted by molar-refractivity contribution is 5.07. The van der Waals surface area contributed by atoms with E-state index >= 15 is 0 Å². The Morgan fingerprint density at radius 3 is 2.68 bits per heavy atom. The minimum Gasteiger partial charge on any atom is -0.311 e. The van der Waals surface area contributed by atoms with Crippen LogP contribution in [0.3, 0.4) is 0 Å². The fraction of sp³-hybridized carbons (Fsp3) is 0.667. The maximum atomic E-state index is 4.12. The van der Waals surface area contributed by atoms with Crippen LogP contribution in [0, 0.1) is 0 Å². The Hall–Kier alpha value is -0.970. The third-order valence-electron chi connectivity index (χ3n) is 3.79. The number of aromatic nitrogens is 1. The quantitative estimate of drug-likeness (QED) is 0.781. The maximum Gasteiger partial charge on any atom is 0.0312 e. The molecular formula is C15H26N4. The topological polar surface area (TPSA) is 31.4 Å². The van der Waals surface area contributed by atoms with Crippen LogP contribution in [-0.2, 0) is 6.54 Å². The van der Waals surface area contributed by atoms with Crippen molar-refractivity contribution in [2.45, 2.75) is 26.4 Å². The zero-order valence-electron chi connectivity index (χ0n) is 12.2. The van der Waals surface area contributed by atoms with Gasteiger partial charge in [0.05, 0.1) is 0 Å². The summed E-state index contributed by atoms with van der Waals surface area (Å²) in [6.45, 7) is 12.5. The lowest BCUT2D eigenvalue weighted by Crippen LogP contribution is -2.50. The number of piperazine rings is 1. The molecule has 1 aromatic heterocycles. The molecular weight excluding hydrogens is 236 g/mol. The molecule has 0 saturated carbocycles. The molecule has 2 rings (SSSR count). The third-order valence-corrected chi connectivity index (χ3v) is 3.79. The molecule has 0 aliphatic carbocycles. The van der Waals surface area contributed by atoms with Gasteiger partial charge < -0.3 is 5.32 Å². The fourth-order valence-electron chi connectivity index (χ4n) is 2.48. The first kappa shape index (κ1) is 14.4. The monoisotopic (exact) mass is 262 g/mol. The highest BCUT2D eigenvalue weighted by Gasteiger charge is 2.17. The van der Waals surface area contributed by atoms with Crippen molar-refractivity contribution in [1.29, 1.82) is 0 Å². The molecule has 1 aliphatic rings. The molecule has 4 nitrogen and oxygen atoms in total. The van der Waals surface area contributed by atoms with E-state index in [-0.39, 0.29) is 0 Å². The molecule has 1 aliphatic heterocycles. The summed E-state index contributed by atoms with van der Waals surface area (Å²) < 4.78 is 0. The van der Waals surface area contributed by atoms with Crippen LogP contribution in [0.2, 0.25) is 0 Å². The molecule has 0 amide bonds. The van der Waals surface area contributed by atoms with Gasteiger partial charge in [0.1, 0.15) is 0 Å². The van der Waals surface area contributed by atoms with Crippen molar-refractivity contribution >= 4 is 0 Å². The van der Waals surface area contributed by atoms with E-state index in [1.54, 1.807) is 0 Å². The first-order valence-electron chi connectivity index (χ1n) is 7.32. The van der Waals surface area contributed by atoms with Crippen molar-refractivity contribution in [2.75, 3.05) is 39.3 Å². The van der Waals surface area contributed by atoms with E-state index in [1.807, 2.05) is 18.5 Å². The summed E-state index contributed by atoms with van der Waals surface area (Å²) in [5.41, 5.74) is 1.26. The highest BCUT2D eigenvalue weighted by Crippen LogP contribution is 2.05. The number of nitrogens with zero attached hydrogens (tertiary/aromatic N) is 3. The minimum atomic E-state index is 0.686. The van der Waals surface area contributed by atoms with Crippen LogP contribution in [0.1, 0.15) is 19.4 Å². The molecule has 0 aromatic carbocycles. The number of hydrogen-bond donors (Lipinski definition) is 1. The summed E-state index contributed by atoms with van der Waals surface area (Å²) in [5.74, 6) is 0. The van der Waals surface area contributed by atoms with Crippen molar-refractivity contribution in [1.82, 2.24) is 20.1 Å². The predicted molar refractivity (Wildman–Crippen MR) is 79.1 cm³/mol. The molecule has 0 atom stereocenters. The lowest BCUT2D eigenvalue weighted by Gasteiger charge is -2.36. The first-order chi connectivity index (χ1) is 9.25. The lowest BCUT2D eigenvalue weighted by molar-refractivity contribution is 0.109. The second kappa shape index (κ2) is 7.58. The Morgan fingerprint density at radius 2 is 2.05 bits per heavy atom. The normalized spacial score (nSPS) is 18.1. The van der Waals surface area contributed by atoms with Crippen LogP contribution in [0.4, 0.5) is 0 Å². The zero-order chi connectivity index (χ0) is 13.5. The first-order valence-corrected chi connectivity index (χ1v) is 7.32. The average molecular weight is 262 g/mol. The van der Waals surface area contributed by atoms with E-state index in [0.29, 0.717) is 6.04 Å². The molecule has 4 heteroatoms. The highest BCUT2D eigenvalue weighted by atomic mass is 15.3. The molecule has 1 saturated heterocycles. The Morgan fingerprint density at radius 1 is 1.26 bits per heavy atom. The Kier molecular flexibility index (Phi) is 5.76. The van der Waals surface area contributed by atoms with Crippen molar-refractivity contribution in [3.05, 3.63) is 30.1 Å². The van der Waals surface area contributed by atoms with Crippen molar-refractivity contribution in [2.24, 2.45) is 0 Å². The van der Waals surface area contributed by atoms with Gasteiger partial charge in [-0.2, -0.15) is 0 Å². The number of hydrogen-bond acceptors (Lipinski definition) is 4. The van der Waals surface area contributed by atoms with Crippen LogP contribution >= 0.6 is 0 Å². The zero-order valence-corrected chi connectivity index (χ0v) is 12.2. The third kappa shape index (κ3) is 4.90. The summed E-state index contributed by atoms with van der Waals surface area (Å²) >= 11 is 0. The van der Waals surface area contributed by atoms with E-state index in [2.05, 4.69) is 40.0 Å². The summed E-state index contributed by atoms with van der Waals surface area (Å²) in [6, 6.07) is 4.79. The Bertz CT molecular complexity index is 344. The van der Waals surface area contributed by atoms with Gasteiger partial charge in [0.15, 0.2) is 0 Å². The van der Waals surface area contributed by atoms with Crippen LogP contribution in [0.15, 0.2) is 24.5 Å². The molecule has 1 aromatic rings. The number of nitrogens with one attached hydrogen (secondary N) is 1. The van der Waals surface area contributed by atoms with Gasteiger partial charge in [-0.25, -0.2) is 0 Å². The summed E-state index contributed by atoms with van der Waals surface area (Å²) in [6.07, 6.45) is 3.74. The smallest absolute Gasteiger partial charge is 0.0312 e. The van der Waals surface area contributed by atoms with Crippen LogP contribution in [0.5, 0.6) is 0 Å². The molecule has 0 spiro atoms. The number of rotatable bonds is 6. The summed E-state index contributed by atoms with van der Waals surface area (Å²) in [4.78, 5) is 9.23. The van der Waals surface area contributed by atoms with Crippen LogP contribution in [0.25, 0.3) is 0 Å². The molecule has 19 heavy (non-hydrogen) atoms. The van der Waals surface area contributed by atoms with Crippen molar-refractivity contribution in [3.8, 4) is 0 Å². The van der Waals surface area contributed by atoms with Crippen molar-refractivity contribution < 1.29 is 0 Å². The maximum absolute atomic E-state index is 4.12. The molecule has 106 valence electrons. The summed E-state index contributed by atoms with van der Waals surface area (Å²) in [7, 11) is 0. The van der Waals surface area contributed by atoms with Crippen LogP contribution in [-0.4, -0.2) is 60.1 Å². The molecule has 0 radical (unpaired) electrons. The van der Waals surface area contributed by atoms with Gasteiger partial charge in [0, 0.05) is 64.2 Å². The lowest BCUT2D eigenvalue weighted by atomic mass is 10.2. The van der Waals surface area contributed by atoms with Gasteiger partial charge in [0.25, 0.3) is 0 Å².